The van der Waals surface area contributed by atoms with Gasteiger partial charge in [-0.1, -0.05) is 153 Å². The number of furan rings is 2. The van der Waals surface area contributed by atoms with Crippen molar-refractivity contribution < 1.29 is 8.83 Å². The lowest BCUT2D eigenvalue weighted by Gasteiger charge is -2.26. The lowest BCUT2D eigenvalue weighted by molar-refractivity contribution is 0.585. The highest BCUT2D eigenvalue weighted by Crippen LogP contribution is 2.42. The summed E-state index contributed by atoms with van der Waals surface area (Å²) in [5.74, 6) is 1.49. The van der Waals surface area contributed by atoms with Gasteiger partial charge >= 0.3 is 0 Å². The lowest BCUT2D eigenvalue weighted by Crippen LogP contribution is -2.09. The van der Waals surface area contributed by atoms with Crippen LogP contribution in [0.3, 0.4) is 0 Å². The number of para-hydroxylation sites is 3. The lowest BCUT2D eigenvalue weighted by atomic mass is 9.92. The minimum absolute atomic E-state index is 0.503. The van der Waals surface area contributed by atoms with E-state index in [0.29, 0.717) is 5.92 Å². The number of anilines is 3. The summed E-state index contributed by atoms with van der Waals surface area (Å²) in [6.07, 6.45) is 5.38. The van der Waals surface area contributed by atoms with Crippen molar-refractivity contribution in [3.63, 3.8) is 0 Å². The van der Waals surface area contributed by atoms with Crippen molar-refractivity contribution in [2.75, 3.05) is 4.90 Å². The average molecular weight is 746 g/mol. The van der Waals surface area contributed by atoms with E-state index in [1.165, 1.54) is 33.2 Å². The van der Waals surface area contributed by atoms with Gasteiger partial charge in [0, 0.05) is 49.9 Å². The van der Waals surface area contributed by atoms with Crippen LogP contribution < -0.4 is 4.90 Å². The zero-order valence-electron chi connectivity index (χ0n) is 32.1. The molecule has 2 aromatic heterocycles. The van der Waals surface area contributed by atoms with E-state index in [2.05, 4.69) is 200 Å². The zero-order chi connectivity index (χ0) is 38.6. The smallest absolute Gasteiger partial charge is 0.143 e. The quantitative estimate of drug-likeness (QED) is 0.163. The number of benzene rings is 8. The Balaban J connectivity index is 0.978. The monoisotopic (exact) mass is 745 g/mol. The van der Waals surface area contributed by atoms with Crippen LogP contribution in [-0.4, -0.2) is 0 Å². The fourth-order valence-electron chi connectivity index (χ4n) is 8.72. The number of rotatable bonds is 7. The number of hydrogen-bond donors (Lipinski definition) is 0. The van der Waals surface area contributed by atoms with E-state index in [1.807, 2.05) is 12.1 Å². The van der Waals surface area contributed by atoms with Crippen molar-refractivity contribution in [1.82, 2.24) is 0 Å². The molecule has 10 aromatic rings. The highest BCUT2D eigenvalue weighted by Gasteiger charge is 2.21. The predicted molar refractivity (Wildman–Crippen MR) is 242 cm³/mol. The molecular formula is C55H39NO2. The summed E-state index contributed by atoms with van der Waals surface area (Å²) in [5.41, 5.74) is 16.5. The van der Waals surface area contributed by atoms with Gasteiger partial charge in [0.25, 0.3) is 0 Å². The third kappa shape index (κ3) is 5.91. The van der Waals surface area contributed by atoms with Gasteiger partial charge in [0.2, 0.25) is 0 Å². The molecule has 1 atom stereocenters. The standard InChI is InChI=1S/C55H39NO2/c1-36-20-33-53-51(34-36)50-18-9-16-47(55(50)58-53)40-25-31-45(32-26-40)56(43-27-21-38(22-28-43)42-13-7-12-41(35-42)37-10-3-2-4-11-37)44-29-23-39(24-30-44)46-15-8-17-49-48-14-5-6-19-52(48)57-54(46)49/h2-33,35-36H,34H2,1H3. The van der Waals surface area contributed by atoms with Gasteiger partial charge in [-0.3, -0.25) is 0 Å². The minimum Gasteiger partial charge on any atom is -0.456 e. The molecule has 1 unspecified atom stereocenters. The van der Waals surface area contributed by atoms with E-state index < -0.39 is 0 Å². The second-order valence-corrected chi connectivity index (χ2v) is 15.4. The second kappa shape index (κ2) is 14.0. The summed E-state index contributed by atoms with van der Waals surface area (Å²) in [6, 6.07) is 67.2. The topological polar surface area (TPSA) is 29.5 Å². The summed E-state index contributed by atoms with van der Waals surface area (Å²) in [4.78, 5) is 2.33. The second-order valence-electron chi connectivity index (χ2n) is 15.4. The molecule has 0 spiro atoms. The molecule has 0 bridgehead atoms. The highest BCUT2D eigenvalue weighted by atomic mass is 16.3. The van der Waals surface area contributed by atoms with E-state index in [-0.39, 0.29) is 0 Å². The average Bonchev–Trinajstić information content (AvgIpc) is 3.86. The number of fused-ring (bicyclic) bond motifs is 6. The van der Waals surface area contributed by atoms with Crippen LogP contribution in [0.4, 0.5) is 17.1 Å². The summed E-state index contributed by atoms with van der Waals surface area (Å²) in [5, 5.41) is 3.47. The maximum Gasteiger partial charge on any atom is 0.143 e. The van der Waals surface area contributed by atoms with E-state index in [4.69, 9.17) is 8.83 Å². The molecule has 0 fully saturated rings. The van der Waals surface area contributed by atoms with Crippen LogP contribution in [0.1, 0.15) is 18.2 Å². The van der Waals surface area contributed by atoms with E-state index in [1.54, 1.807) is 0 Å². The Bertz CT molecular complexity index is 3130. The first-order chi connectivity index (χ1) is 28.6. The highest BCUT2D eigenvalue weighted by molar-refractivity contribution is 6.09. The molecule has 8 aromatic carbocycles. The van der Waals surface area contributed by atoms with Crippen molar-refractivity contribution in [3.8, 4) is 44.5 Å². The van der Waals surface area contributed by atoms with E-state index in [9.17, 15) is 0 Å². The third-order valence-corrected chi connectivity index (χ3v) is 11.7. The molecule has 2 heterocycles. The maximum absolute atomic E-state index is 6.51. The van der Waals surface area contributed by atoms with E-state index >= 15 is 0 Å². The third-order valence-electron chi connectivity index (χ3n) is 11.7. The largest absolute Gasteiger partial charge is 0.456 e. The van der Waals surface area contributed by atoms with Gasteiger partial charge in [0.05, 0.1) is 0 Å². The van der Waals surface area contributed by atoms with Crippen LogP contribution in [-0.2, 0) is 6.42 Å². The summed E-state index contributed by atoms with van der Waals surface area (Å²) in [6.45, 7) is 2.26. The molecule has 58 heavy (non-hydrogen) atoms. The minimum atomic E-state index is 0.503. The molecule has 0 aliphatic heterocycles. The summed E-state index contributed by atoms with van der Waals surface area (Å²) >= 11 is 0. The first-order valence-corrected chi connectivity index (χ1v) is 20.0. The Kier molecular flexibility index (Phi) is 8.18. The normalized spacial score (nSPS) is 13.6. The molecule has 0 saturated carbocycles. The molecule has 11 rings (SSSR count). The van der Waals surface area contributed by atoms with Crippen LogP contribution in [0.25, 0.3) is 83.5 Å². The molecule has 3 heteroatoms. The Morgan fingerprint density at radius 2 is 0.931 bits per heavy atom. The molecule has 0 saturated heterocycles. The zero-order valence-corrected chi connectivity index (χ0v) is 32.1. The predicted octanol–water partition coefficient (Wildman–Crippen LogP) is 15.7. The Morgan fingerprint density at radius 1 is 0.431 bits per heavy atom. The number of allylic oxidation sites excluding steroid dienone is 1. The van der Waals surface area contributed by atoms with Gasteiger partial charge in [0.1, 0.15) is 22.5 Å². The maximum atomic E-state index is 6.51. The molecule has 0 N–H and O–H groups in total. The van der Waals surface area contributed by atoms with Crippen LogP contribution in [0, 0.1) is 5.92 Å². The van der Waals surface area contributed by atoms with Gasteiger partial charge in [-0.2, -0.15) is 0 Å². The van der Waals surface area contributed by atoms with Crippen LogP contribution in [0.15, 0.2) is 203 Å². The van der Waals surface area contributed by atoms with Crippen molar-refractivity contribution in [2.45, 2.75) is 13.3 Å². The Labute approximate surface area is 337 Å². The van der Waals surface area contributed by atoms with Gasteiger partial charge in [-0.05, 0) is 100 Å². The summed E-state index contributed by atoms with van der Waals surface area (Å²) in [7, 11) is 0. The van der Waals surface area contributed by atoms with Crippen LogP contribution in [0.2, 0.25) is 0 Å². The number of nitrogens with zero attached hydrogens (tertiary/aromatic N) is 1. The van der Waals surface area contributed by atoms with Crippen LogP contribution >= 0.6 is 0 Å². The molecular weight excluding hydrogens is 707 g/mol. The first-order valence-electron chi connectivity index (χ1n) is 20.0. The Hall–Kier alpha value is -7.36. The SMILES string of the molecule is CC1C=Cc2oc3c(-c4ccc(N(c5ccc(-c6cccc(-c7ccccc7)c6)cc5)c5ccc(-c6cccc7c6oc6ccccc67)cc5)cc4)cccc3c2C1. The van der Waals surface area contributed by atoms with Crippen LogP contribution in [0.5, 0.6) is 0 Å². The van der Waals surface area contributed by atoms with E-state index in [0.717, 1.165) is 79.0 Å². The molecule has 1 aliphatic rings. The first kappa shape index (κ1) is 33.9. The van der Waals surface area contributed by atoms with Crippen molar-refractivity contribution in [2.24, 2.45) is 5.92 Å². The Morgan fingerprint density at radius 3 is 1.59 bits per heavy atom. The van der Waals surface area contributed by atoms with Gasteiger partial charge in [-0.25, -0.2) is 0 Å². The van der Waals surface area contributed by atoms with Gasteiger partial charge in [-0.15, -0.1) is 0 Å². The summed E-state index contributed by atoms with van der Waals surface area (Å²) < 4.78 is 12.9. The molecule has 0 radical (unpaired) electrons. The fourth-order valence-corrected chi connectivity index (χ4v) is 8.72. The number of hydrogen-bond acceptors (Lipinski definition) is 3. The van der Waals surface area contributed by atoms with Crippen molar-refractivity contribution in [1.29, 1.82) is 0 Å². The van der Waals surface area contributed by atoms with Gasteiger partial charge < -0.3 is 13.7 Å². The van der Waals surface area contributed by atoms with Crippen molar-refractivity contribution in [3.05, 3.63) is 205 Å². The molecule has 0 amide bonds. The molecule has 276 valence electrons. The van der Waals surface area contributed by atoms with Crippen molar-refractivity contribution >= 4 is 56.0 Å². The van der Waals surface area contributed by atoms with Gasteiger partial charge in [0.15, 0.2) is 0 Å². The molecule has 1 aliphatic carbocycles. The molecule has 3 nitrogen and oxygen atoms in total. The fraction of sp³-hybridized carbons (Fsp3) is 0.0545.